The summed E-state index contributed by atoms with van der Waals surface area (Å²) in [7, 11) is 0. The Bertz CT molecular complexity index is 1160. The number of rotatable bonds is 6. The Balaban J connectivity index is 1.48. The SMILES string of the molecule is Cc1nn(Cc2ccccc2)c(C)c1CNC(=O)c1cnn(-c2ccccc2)c1C. The Morgan fingerprint density at radius 2 is 1.60 bits per heavy atom. The van der Waals surface area contributed by atoms with Crippen molar-refractivity contribution in [3.05, 3.63) is 101 Å². The Morgan fingerprint density at radius 1 is 0.933 bits per heavy atom. The number of aromatic nitrogens is 4. The van der Waals surface area contributed by atoms with Gasteiger partial charge in [-0.2, -0.15) is 10.2 Å². The lowest BCUT2D eigenvalue weighted by Crippen LogP contribution is -2.24. The van der Waals surface area contributed by atoms with Gasteiger partial charge in [-0.25, -0.2) is 4.68 Å². The first-order chi connectivity index (χ1) is 14.5. The zero-order chi connectivity index (χ0) is 21.1. The van der Waals surface area contributed by atoms with Gasteiger partial charge in [0.2, 0.25) is 0 Å². The summed E-state index contributed by atoms with van der Waals surface area (Å²) in [5.74, 6) is -0.135. The molecule has 0 aliphatic carbocycles. The second-order valence-electron chi connectivity index (χ2n) is 7.37. The highest BCUT2D eigenvalue weighted by atomic mass is 16.1. The largest absolute Gasteiger partial charge is 0.348 e. The van der Waals surface area contributed by atoms with Crippen molar-refractivity contribution in [1.82, 2.24) is 24.9 Å². The zero-order valence-corrected chi connectivity index (χ0v) is 17.5. The van der Waals surface area contributed by atoms with E-state index in [1.165, 1.54) is 5.56 Å². The van der Waals surface area contributed by atoms with Crippen LogP contribution < -0.4 is 5.32 Å². The van der Waals surface area contributed by atoms with Crippen LogP contribution in [-0.2, 0) is 13.1 Å². The molecule has 2 aromatic heterocycles. The molecule has 0 aliphatic rings. The van der Waals surface area contributed by atoms with Crippen LogP contribution in [-0.4, -0.2) is 25.5 Å². The van der Waals surface area contributed by atoms with Crippen molar-refractivity contribution in [3.63, 3.8) is 0 Å². The Morgan fingerprint density at radius 3 is 2.30 bits per heavy atom. The predicted octanol–water partition coefficient (Wildman–Crippen LogP) is 3.97. The monoisotopic (exact) mass is 399 g/mol. The predicted molar refractivity (Wildman–Crippen MR) is 117 cm³/mol. The topological polar surface area (TPSA) is 64.7 Å². The van der Waals surface area contributed by atoms with Gasteiger partial charge in [0.15, 0.2) is 0 Å². The van der Waals surface area contributed by atoms with Crippen LogP contribution >= 0.6 is 0 Å². The number of hydrogen-bond donors (Lipinski definition) is 1. The van der Waals surface area contributed by atoms with Gasteiger partial charge in [0.25, 0.3) is 5.91 Å². The maximum Gasteiger partial charge on any atom is 0.255 e. The third kappa shape index (κ3) is 3.89. The molecule has 1 N–H and O–H groups in total. The lowest BCUT2D eigenvalue weighted by Gasteiger charge is -2.08. The molecule has 2 aromatic carbocycles. The van der Waals surface area contributed by atoms with E-state index in [-0.39, 0.29) is 5.91 Å². The van der Waals surface area contributed by atoms with Gasteiger partial charge in [-0.3, -0.25) is 9.48 Å². The summed E-state index contributed by atoms with van der Waals surface area (Å²) in [6.45, 7) is 7.08. The Kier molecular flexibility index (Phi) is 5.48. The van der Waals surface area contributed by atoms with Crippen LogP contribution in [0.4, 0.5) is 0 Å². The highest BCUT2D eigenvalue weighted by Gasteiger charge is 2.17. The van der Waals surface area contributed by atoms with Gasteiger partial charge in [0.1, 0.15) is 0 Å². The lowest BCUT2D eigenvalue weighted by atomic mass is 10.1. The Labute approximate surface area is 176 Å². The molecule has 0 radical (unpaired) electrons. The van der Waals surface area contributed by atoms with Crippen molar-refractivity contribution in [2.24, 2.45) is 0 Å². The number of hydrogen-bond acceptors (Lipinski definition) is 3. The quantitative estimate of drug-likeness (QED) is 0.533. The first kappa shape index (κ1) is 19.6. The van der Waals surface area contributed by atoms with E-state index in [1.54, 1.807) is 10.9 Å². The van der Waals surface area contributed by atoms with Crippen LogP contribution in [0.25, 0.3) is 5.69 Å². The molecule has 0 bridgehead atoms. The number of nitrogens with one attached hydrogen (secondary N) is 1. The third-order valence-electron chi connectivity index (χ3n) is 5.39. The summed E-state index contributed by atoms with van der Waals surface area (Å²) in [6.07, 6.45) is 1.62. The van der Waals surface area contributed by atoms with Gasteiger partial charge in [0.05, 0.1) is 35.4 Å². The maximum atomic E-state index is 12.8. The summed E-state index contributed by atoms with van der Waals surface area (Å²) in [5, 5.41) is 12.1. The van der Waals surface area contributed by atoms with E-state index in [0.717, 1.165) is 28.3 Å². The molecule has 6 heteroatoms. The molecule has 2 heterocycles. The summed E-state index contributed by atoms with van der Waals surface area (Å²) < 4.78 is 3.77. The van der Waals surface area contributed by atoms with Crippen LogP contribution in [0.1, 0.15) is 38.6 Å². The summed E-state index contributed by atoms with van der Waals surface area (Å²) >= 11 is 0. The molecule has 152 valence electrons. The smallest absolute Gasteiger partial charge is 0.255 e. The normalized spacial score (nSPS) is 10.9. The van der Waals surface area contributed by atoms with Crippen molar-refractivity contribution in [1.29, 1.82) is 0 Å². The second kappa shape index (κ2) is 8.37. The molecule has 1 amide bonds. The zero-order valence-electron chi connectivity index (χ0n) is 17.5. The molecule has 6 nitrogen and oxygen atoms in total. The molecule has 4 rings (SSSR count). The van der Waals surface area contributed by atoms with E-state index < -0.39 is 0 Å². The number of benzene rings is 2. The van der Waals surface area contributed by atoms with Crippen molar-refractivity contribution in [3.8, 4) is 5.69 Å². The molecule has 0 saturated heterocycles. The molecule has 0 spiro atoms. The minimum Gasteiger partial charge on any atom is -0.348 e. The number of carbonyl (C=O) groups excluding carboxylic acids is 1. The van der Waals surface area contributed by atoms with E-state index in [1.807, 2.05) is 74.0 Å². The van der Waals surface area contributed by atoms with E-state index in [4.69, 9.17) is 0 Å². The van der Waals surface area contributed by atoms with E-state index in [9.17, 15) is 4.79 Å². The van der Waals surface area contributed by atoms with E-state index in [2.05, 4.69) is 27.6 Å². The van der Waals surface area contributed by atoms with Gasteiger partial charge >= 0.3 is 0 Å². The van der Waals surface area contributed by atoms with E-state index >= 15 is 0 Å². The molecule has 30 heavy (non-hydrogen) atoms. The highest BCUT2D eigenvalue weighted by molar-refractivity contribution is 5.95. The number of para-hydroxylation sites is 1. The average Bonchev–Trinajstić information content (AvgIpc) is 3.27. The minimum atomic E-state index is -0.135. The number of nitrogens with zero attached hydrogens (tertiary/aromatic N) is 4. The fourth-order valence-corrected chi connectivity index (χ4v) is 3.63. The summed E-state index contributed by atoms with van der Waals surface area (Å²) in [6, 6.07) is 20.0. The number of carbonyl (C=O) groups is 1. The van der Waals surface area contributed by atoms with Crippen molar-refractivity contribution >= 4 is 5.91 Å². The highest BCUT2D eigenvalue weighted by Crippen LogP contribution is 2.17. The van der Waals surface area contributed by atoms with Gasteiger partial charge in [-0.05, 0) is 38.5 Å². The van der Waals surface area contributed by atoms with Crippen molar-refractivity contribution in [2.75, 3.05) is 0 Å². The average molecular weight is 399 g/mol. The Hall–Kier alpha value is -3.67. The molecule has 0 saturated carbocycles. The van der Waals surface area contributed by atoms with Gasteiger partial charge in [-0.1, -0.05) is 48.5 Å². The minimum absolute atomic E-state index is 0.135. The van der Waals surface area contributed by atoms with Crippen LogP contribution in [0, 0.1) is 20.8 Å². The summed E-state index contributed by atoms with van der Waals surface area (Å²) in [4.78, 5) is 12.8. The van der Waals surface area contributed by atoms with Crippen molar-refractivity contribution in [2.45, 2.75) is 33.9 Å². The lowest BCUT2D eigenvalue weighted by molar-refractivity contribution is 0.0950. The second-order valence-corrected chi connectivity index (χ2v) is 7.37. The van der Waals surface area contributed by atoms with Crippen LogP contribution in [0.15, 0.2) is 66.9 Å². The molecule has 4 aromatic rings. The van der Waals surface area contributed by atoms with Gasteiger partial charge in [0, 0.05) is 17.8 Å². The molecule has 0 fully saturated rings. The molecule has 0 unspecified atom stereocenters. The van der Waals surface area contributed by atoms with Gasteiger partial charge in [-0.15, -0.1) is 0 Å². The maximum absolute atomic E-state index is 12.8. The number of aryl methyl sites for hydroxylation is 1. The molecular weight excluding hydrogens is 374 g/mol. The number of amides is 1. The summed E-state index contributed by atoms with van der Waals surface area (Å²) in [5.41, 5.74) is 6.56. The van der Waals surface area contributed by atoms with E-state index in [0.29, 0.717) is 18.7 Å². The molecular formula is C24H25N5O. The van der Waals surface area contributed by atoms with Crippen LogP contribution in [0.2, 0.25) is 0 Å². The molecule has 0 aliphatic heterocycles. The fraction of sp³-hybridized carbons (Fsp3) is 0.208. The molecule has 0 atom stereocenters. The van der Waals surface area contributed by atoms with Gasteiger partial charge < -0.3 is 5.32 Å². The third-order valence-corrected chi connectivity index (χ3v) is 5.39. The van der Waals surface area contributed by atoms with Crippen LogP contribution in [0.5, 0.6) is 0 Å². The van der Waals surface area contributed by atoms with Crippen molar-refractivity contribution < 1.29 is 4.79 Å². The first-order valence-electron chi connectivity index (χ1n) is 9.99. The first-order valence-corrected chi connectivity index (χ1v) is 9.99. The van der Waals surface area contributed by atoms with Crippen LogP contribution in [0.3, 0.4) is 0 Å². The fourth-order valence-electron chi connectivity index (χ4n) is 3.63. The standard InChI is InChI=1S/C24H25N5O/c1-17-22(18(2)28(27-17)16-20-10-6-4-7-11-20)14-25-24(30)23-15-26-29(19(23)3)21-12-8-5-9-13-21/h4-13,15H,14,16H2,1-3H3,(H,25,30).